The number of carbonyl (C=O) groups is 3. The average Bonchev–Trinajstić information content (AvgIpc) is 2.35. The SMILES string of the molecule is CNC(=O)ON1C(=O)C(C)C(=O)C1C. The Hall–Kier alpha value is -1.59. The summed E-state index contributed by atoms with van der Waals surface area (Å²) in [4.78, 5) is 38.2. The van der Waals surface area contributed by atoms with Gasteiger partial charge >= 0.3 is 6.09 Å². The third-order valence-electron chi connectivity index (χ3n) is 2.16. The third-order valence-corrected chi connectivity index (χ3v) is 2.16. The fourth-order valence-corrected chi connectivity index (χ4v) is 1.24. The first kappa shape index (κ1) is 10.5. The molecule has 2 amide bonds. The van der Waals surface area contributed by atoms with Gasteiger partial charge in [-0.1, -0.05) is 0 Å². The van der Waals surface area contributed by atoms with Gasteiger partial charge in [0.25, 0.3) is 5.91 Å². The number of amides is 2. The van der Waals surface area contributed by atoms with Crippen molar-refractivity contribution in [3.05, 3.63) is 0 Å². The quantitative estimate of drug-likeness (QED) is 0.589. The van der Waals surface area contributed by atoms with E-state index >= 15 is 0 Å². The predicted octanol–water partition coefficient (Wildman–Crippen LogP) is -0.307. The average molecular weight is 200 g/mol. The Labute approximate surface area is 81.1 Å². The third kappa shape index (κ3) is 1.55. The molecule has 1 aliphatic rings. The molecule has 0 aromatic rings. The molecule has 6 nitrogen and oxygen atoms in total. The van der Waals surface area contributed by atoms with Crippen molar-refractivity contribution in [1.82, 2.24) is 10.4 Å². The van der Waals surface area contributed by atoms with Crippen LogP contribution in [0.15, 0.2) is 0 Å². The zero-order valence-electron chi connectivity index (χ0n) is 8.23. The van der Waals surface area contributed by atoms with E-state index in [1.807, 2.05) is 0 Å². The lowest BCUT2D eigenvalue weighted by atomic mass is 10.1. The largest absolute Gasteiger partial charge is 0.431 e. The summed E-state index contributed by atoms with van der Waals surface area (Å²) in [6, 6.07) is -0.699. The molecule has 0 radical (unpaired) electrons. The van der Waals surface area contributed by atoms with Gasteiger partial charge in [0.05, 0.1) is 5.92 Å². The van der Waals surface area contributed by atoms with Gasteiger partial charge in [-0.15, -0.1) is 0 Å². The van der Waals surface area contributed by atoms with Gasteiger partial charge in [0.2, 0.25) is 0 Å². The van der Waals surface area contributed by atoms with E-state index in [1.54, 1.807) is 0 Å². The molecule has 0 bridgehead atoms. The van der Waals surface area contributed by atoms with Crippen molar-refractivity contribution in [2.45, 2.75) is 19.9 Å². The Morgan fingerprint density at radius 1 is 1.43 bits per heavy atom. The molecule has 1 saturated heterocycles. The Kier molecular flexibility index (Phi) is 2.73. The van der Waals surface area contributed by atoms with Crippen molar-refractivity contribution in [1.29, 1.82) is 0 Å². The summed E-state index contributed by atoms with van der Waals surface area (Å²) < 4.78 is 0. The van der Waals surface area contributed by atoms with Crippen LogP contribution in [-0.4, -0.2) is 35.9 Å². The topological polar surface area (TPSA) is 75.7 Å². The van der Waals surface area contributed by atoms with Crippen molar-refractivity contribution in [3.63, 3.8) is 0 Å². The number of hydrogen-bond acceptors (Lipinski definition) is 4. The van der Waals surface area contributed by atoms with E-state index in [-0.39, 0.29) is 5.78 Å². The molecular weight excluding hydrogens is 188 g/mol. The second-order valence-electron chi connectivity index (χ2n) is 3.09. The summed E-state index contributed by atoms with van der Waals surface area (Å²) in [6.45, 7) is 3.01. The molecule has 1 N–H and O–H groups in total. The van der Waals surface area contributed by atoms with Crippen molar-refractivity contribution in [2.75, 3.05) is 7.05 Å². The van der Waals surface area contributed by atoms with E-state index < -0.39 is 24.0 Å². The van der Waals surface area contributed by atoms with Crippen LogP contribution in [-0.2, 0) is 14.4 Å². The van der Waals surface area contributed by atoms with Gasteiger partial charge in [0, 0.05) is 7.05 Å². The second kappa shape index (κ2) is 3.65. The lowest BCUT2D eigenvalue weighted by molar-refractivity contribution is -0.167. The number of hydrogen-bond donors (Lipinski definition) is 1. The lowest BCUT2D eigenvalue weighted by Crippen LogP contribution is -2.38. The molecule has 1 heterocycles. The molecule has 14 heavy (non-hydrogen) atoms. The molecule has 0 aromatic carbocycles. The van der Waals surface area contributed by atoms with Gasteiger partial charge in [-0.2, -0.15) is 5.06 Å². The fourth-order valence-electron chi connectivity index (χ4n) is 1.24. The van der Waals surface area contributed by atoms with Gasteiger partial charge in [-0.05, 0) is 13.8 Å². The molecule has 78 valence electrons. The summed E-state index contributed by atoms with van der Waals surface area (Å²) in [7, 11) is 1.37. The summed E-state index contributed by atoms with van der Waals surface area (Å²) >= 11 is 0. The number of nitrogens with one attached hydrogen (secondary N) is 1. The first-order chi connectivity index (χ1) is 6.49. The lowest BCUT2D eigenvalue weighted by Gasteiger charge is -2.17. The van der Waals surface area contributed by atoms with Crippen molar-refractivity contribution < 1.29 is 19.2 Å². The number of carbonyl (C=O) groups excluding carboxylic acids is 3. The van der Waals surface area contributed by atoms with Crippen molar-refractivity contribution >= 4 is 17.8 Å². The smallest absolute Gasteiger partial charge is 0.323 e. The highest BCUT2D eigenvalue weighted by atomic mass is 16.7. The van der Waals surface area contributed by atoms with Crippen LogP contribution < -0.4 is 5.32 Å². The molecule has 2 unspecified atom stereocenters. The Bertz CT molecular complexity index is 289. The highest BCUT2D eigenvalue weighted by molar-refractivity contribution is 6.09. The van der Waals surface area contributed by atoms with Crippen LogP contribution in [0.2, 0.25) is 0 Å². The number of Topliss-reactive ketones (excluding diaryl/α,β-unsaturated/α-hetero) is 1. The molecule has 0 aliphatic carbocycles. The second-order valence-corrected chi connectivity index (χ2v) is 3.09. The van der Waals surface area contributed by atoms with E-state index in [9.17, 15) is 14.4 Å². The van der Waals surface area contributed by atoms with Gasteiger partial charge < -0.3 is 10.2 Å². The molecule has 0 aromatic heterocycles. The van der Waals surface area contributed by atoms with Crippen LogP contribution in [0.4, 0.5) is 4.79 Å². The minimum absolute atomic E-state index is 0.237. The number of rotatable bonds is 1. The summed E-state index contributed by atoms with van der Waals surface area (Å²) in [5, 5.41) is 3.01. The highest BCUT2D eigenvalue weighted by Crippen LogP contribution is 2.20. The molecule has 1 aliphatic heterocycles. The van der Waals surface area contributed by atoms with Crippen LogP contribution >= 0.6 is 0 Å². The standard InChI is InChI=1S/C8H12N2O4/c1-4-6(11)5(2)10(7(4)12)14-8(13)9-3/h4-5H,1-3H3,(H,9,13). The van der Waals surface area contributed by atoms with E-state index in [4.69, 9.17) is 0 Å². The zero-order valence-corrected chi connectivity index (χ0v) is 8.23. The predicted molar refractivity (Wildman–Crippen MR) is 46.0 cm³/mol. The molecular formula is C8H12N2O4. The first-order valence-corrected chi connectivity index (χ1v) is 4.25. The minimum atomic E-state index is -0.757. The van der Waals surface area contributed by atoms with E-state index in [0.717, 1.165) is 5.06 Å². The molecule has 1 fully saturated rings. The fraction of sp³-hybridized carbons (Fsp3) is 0.625. The maximum atomic E-state index is 11.4. The van der Waals surface area contributed by atoms with Gasteiger partial charge in [0.15, 0.2) is 5.78 Å². The number of hydroxylamine groups is 2. The van der Waals surface area contributed by atoms with E-state index in [1.165, 1.54) is 20.9 Å². The Morgan fingerprint density at radius 3 is 2.36 bits per heavy atom. The summed E-state index contributed by atoms with van der Waals surface area (Å²) in [5.41, 5.74) is 0. The maximum absolute atomic E-state index is 11.4. The minimum Gasteiger partial charge on any atom is -0.323 e. The summed E-state index contributed by atoms with van der Waals surface area (Å²) in [5.74, 6) is -1.44. The molecule has 0 spiro atoms. The molecule has 0 saturated carbocycles. The van der Waals surface area contributed by atoms with Crippen LogP contribution in [0.3, 0.4) is 0 Å². The molecule has 1 rings (SSSR count). The van der Waals surface area contributed by atoms with Crippen LogP contribution in [0.25, 0.3) is 0 Å². The molecule has 6 heteroatoms. The van der Waals surface area contributed by atoms with Crippen LogP contribution in [0.5, 0.6) is 0 Å². The van der Waals surface area contributed by atoms with Crippen LogP contribution in [0.1, 0.15) is 13.8 Å². The number of ketones is 1. The van der Waals surface area contributed by atoms with E-state index in [0.29, 0.717) is 0 Å². The van der Waals surface area contributed by atoms with Gasteiger partial charge in [0.1, 0.15) is 6.04 Å². The Morgan fingerprint density at radius 2 is 2.00 bits per heavy atom. The maximum Gasteiger partial charge on any atom is 0.431 e. The van der Waals surface area contributed by atoms with Crippen molar-refractivity contribution in [2.24, 2.45) is 5.92 Å². The highest BCUT2D eigenvalue weighted by Gasteiger charge is 2.44. The van der Waals surface area contributed by atoms with Crippen molar-refractivity contribution in [3.8, 4) is 0 Å². The first-order valence-electron chi connectivity index (χ1n) is 4.25. The zero-order chi connectivity index (χ0) is 10.9. The van der Waals surface area contributed by atoms with Gasteiger partial charge in [-0.25, -0.2) is 4.79 Å². The monoisotopic (exact) mass is 200 g/mol. The number of nitrogens with zero attached hydrogens (tertiary/aromatic N) is 1. The summed E-state index contributed by atoms with van der Waals surface area (Å²) in [6.07, 6.45) is -0.757. The Balaban J connectivity index is 2.75. The normalized spacial score (nSPS) is 26.6. The van der Waals surface area contributed by atoms with Crippen LogP contribution in [0, 0.1) is 5.92 Å². The molecule has 2 atom stereocenters. The van der Waals surface area contributed by atoms with Gasteiger partial charge in [-0.3, -0.25) is 9.59 Å². The van der Waals surface area contributed by atoms with E-state index in [2.05, 4.69) is 10.2 Å².